The highest BCUT2D eigenvalue weighted by molar-refractivity contribution is 6.14. The molecule has 1 amide bonds. The fourth-order valence-electron chi connectivity index (χ4n) is 3.02. The fourth-order valence-corrected chi connectivity index (χ4v) is 3.02. The number of nitrogens with zero attached hydrogens (tertiary/aromatic N) is 4. The highest BCUT2D eigenvalue weighted by Gasteiger charge is 2.28. The SMILES string of the molecule is CN1CCN(c2ccc(NC3=NC4N=CC=C4C(=O)N3)cc2)CC1. The molecule has 1 fully saturated rings. The number of piperazine rings is 1. The number of aliphatic imine (C=N–C) groups is 2. The Morgan fingerprint density at radius 3 is 2.67 bits per heavy atom. The monoisotopic (exact) mass is 324 g/mol. The number of hydrogen-bond acceptors (Lipinski definition) is 6. The first-order valence-corrected chi connectivity index (χ1v) is 8.12. The summed E-state index contributed by atoms with van der Waals surface area (Å²) < 4.78 is 0. The number of fused-ring (bicyclic) bond motifs is 1. The van der Waals surface area contributed by atoms with Gasteiger partial charge in [-0.2, -0.15) is 0 Å². The van der Waals surface area contributed by atoms with Crippen LogP contribution in [0.5, 0.6) is 0 Å². The lowest BCUT2D eigenvalue weighted by molar-refractivity contribution is -0.116. The summed E-state index contributed by atoms with van der Waals surface area (Å²) in [6.07, 6.45) is 2.91. The standard InChI is InChI=1S/C17H20N6O/c1-22-8-10-23(11-9-22)13-4-2-12(3-5-13)19-17-20-15-14(6-7-18-15)16(24)21-17/h2-7,15H,8-11H2,1H3,(H2,19,20,21,24). The van der Waals surface area contributed by atoms with Gasteiger partial charge in [0.05, 0.1) is 5.57 Å². The van der Waals surface area contributed by atoms with Gasteiger partial charge in [-0.15, -0.1) is 0 Å². The van der Waals surface area contributed by atoms with Gasteiger partial charge in [0.25, 0.3) is 5.91 Å². The quantitative estimate of drug-likeness (QED) is 0.839. The number of benzene rings is 1. The van der Waals surface area contributed by atoms with Crippen molar-refractivity contribution in [3.8, 4) is 0 Å². The van der Waals surface area contributed by atoms with Gasteiger partial charge in [-0.3, -0.25) is 15.1 Å². The number of rotatable bonds is 2. The van der Waals surface area contributed by atoms with Gasteiger partial charge in [-0.1, -0.05) is 0 Å². The van der Waals surface area contributed by atoms with Gasteiger partial charge in [-0.25, -0.2) is 4.99 Å². The van der Waals surface area contributed by atoms with Crippen LogP contribution < -0.4 is 15.5 Å². The second-order valence-electron chi connectivity index (χ2n) is 6.19. The molecule has 3 heterocycles. The molecule has 0 saturated carbocycles. The highest BCUT2D eigenvalue weighted by atomic mass is 16.2. The van der Waals surface area contributed by atoms with Crippen molar-refractivity contribution in [2.75, 3.05) is 43.4 Å². The molecule has 4 rings (SSSR count). The van der Waals surface area contributed by atoms with Crippen molar-refractivity contribution in [2.24, 2.45) is 9.98 Å². The second kappa shape index (κ2) is 6.09. The molecular formula is C17H20N6O. The van der Waals surface area contributed by atoms with E-state index in [1.165, 1.54) is 5.69 Å². The van der Waals surface area contributed by atoms with Crippen molar-refractivity contribution >= 4 is 29.5 Å². The lowest BCUT2D eigenvalue weighted by Crippen LogP contribution is -2.44. The molecular weight excluding hydrogens is 304 g/mol. The Labute approximate surface area is 140 Å². The van der Waals surface area contributed by atoms with E-state index in [1.54, 1.807) is 12.3 Å². The van der Waals surface area contributed by atoms with E-state index >= 15 is 0 Å². The van der Waals surface area contributed by atoms with Gasteiger partial charge in [0.2, 0.25) is 5.96 Å². The third kappa shape index (κ3) is 2.90. The third-order valence-corrected chi connectivity index (χ3v) is 4.50. The Bertz CT molecular complexity index is 728. The molecule has 1 unspecified atom stereocenters. The third-order valence-electron chi connectivity index (χ3n) is 4.50. The molecule has 1 atom stereocenters. The fraction of sp³-hybridized carbons (Fsp3) is 0.353. The van der Waals surface area contributed by atoms with E-state index in [2.05, 4.69) is 49.6 Å². The Balaban J connectivity index is 1.43. The molecule has 0 aliphatic carbocycles. The van der Waals surface area contributed by atoms with E-state index in [0.717, 1.165) is 31.9 Å². The number of amides is 1. The molecule has 7 heteroatoms. The topological polar surface area (TPSA) is 72.3 Å². The minimum absolute atomic E-state index is 0.149. The van der Waals surface area contributed by atoms with E-state index in [9.17, 15) is 4.79 Å². The lowest BCUT2D eigenvalue weighted by Gasteiger charge is -2.34. The molecule has 3 aliphatic rings. The summed E-state index contributed by atoms with van der Waals surface area (Å²) in [6, 6.07) is 8.20. The van der Waals surface area contributed by atoms with E-state index in [-0.39, 0.29) is 5.91 Å². The van der Waals surface area contributed by atoms with E-state index < -0.39 is 6.17 Å². The van der Waals surface area contributed by atoms with Gasteiger partial charge in [0, 0.05) is 43.8 Å². The summed E-state index contributed by atoms with van der Waals surface area (Å²) in [7, 11) is 2.15. The maximum atomic E-state index is 12.0. The van der Waals surface area contributed by atoms with Crippen molar-refractivity contribution in [3.63, 3.8) is 0 Å². The molecule has 1 saturated heterocycles. The van der Waals surface area contributed by atoms with Crippen LogP contribution in [0.2, 0.25) is 0 Å². The molecule has 1 aromatic rings. The Hall–Kier alpha value is -2.67. The molecule has 2 N–H and O–H groups in total. The van der Waals surface area contributed by atoms with Gasteiger partial charge in [0.15, 0.2) is 6.17 Å². The van der Waals surface area contributed by atoms with Gasteiger partial charge in [0.1, 0.15) is 0 Å². The number of nitrogens with one attached hydrogen (secondary N) is 2. The van der Waals surface area contributed by atoms with Crippen LogP contribution in [-0.4, -0.2) is 62.4 Å². The number of guanidine groups is 1. The van der Waals surface area contributed by atoms with Crippen LogP contribution in [0.25, 0.3) is 0 Å². The first-order chi connectivity index (χ1) is 11.7. The van der Waals surface area contributed by atoms with Crippen molar-refractivity contribution in [2.45, 2.75) is 6.17 Å². The van der Waals surface area contributed by atoms with Crippen molar-refractivity contribution < 1.29 is 4.79 Å². The van der Waals surface area contributed by atoms with E-state index in [0.29, 0.717) is 11.5 Å². The average molecular weight is 324 g/mol. The first kappa shape index (κ1) is 14.9. The normalized spacial score (nSPS) is 23.5. The number of allylic oxidation sites excluding steroid dienone is 1. The molecule has 24 heavy (non-hydrogen) atoms. The van der Waals surface area contributed by atoms with Gasteiger partial charge in [-0.05, 0) is 37.4 Å². The summed E-state index contributed by atoms with van der Waals surface area (Å²) in [5.74, 6) is 0.289. The van der Waals surface area contributed by atoms with Crippen LogP contribution in [0.4, 0.5) is 11.4 Å². The molecule has 0 spiro atoms. The number of likely N-dealkylation sites (N-methyl/N-ethyl adjacent to an activating group) is 1. The smallest absolute Gasteiger partial charge is 0.258 e. The zero-order valence-electron chi connectivity index (χ0n) is 13.6. The van der Waals surface area contributed by atoms with Crippen molar-refractivity contribution in [3.05, 3.63) is 35.9 Å². The van der Waals surface area contributed by atoms with Crippen molar-refractivity contribution in [1.29, 1.82) is 0 Å². The minimum atomic E-state index is -0.411. The number of hydrogen-bond donors (Lipinski definition) is 2. The Kier molecular flexibility index (Phi) is 3.78. The van der Waals surface area contributed by atoms with Gasteiger partial charge >= 0.3 is 0 Å². The number of carbonyl (C=O) groups is 1. The van der Waals surface area contributed by atoms with E-state index in [1.807, 2.05) is 12.1 Å². The summed E-state index contributed by atoms with van der Waals surface area (Å²) >= 11 is 0. The molecule has 1 aromatic carbocycles. The van der Waals surface area contributed by atoms with Crippen LogP contribution in [0, 0.1) is 0 Å². The summed E-state index contributed by atoms with van der Waals surface area (Å²) in [4.78, 5) is 25.3. The Morgan fingerprint density at radius 2 is 1.92 bits per heavy atom. The number of anilines is 2. The summed E-state index contributed by atoms with van der Waals surface area (Å²) in [5, 5.41) is 5.91. The Morgan fingerprint density at radius 1 is 1.17 bits per heavy atom. The van der Waals surface area contributed by atoms with Crippen LogP contribution in [0.1, 0.15) is 0 Å². The first-order valence-electron chi connectivity index (χ1n) is 8.12. The molecule has 7 nitrogen and oxygen atoms in total. The summed E-state index contributed by atoms with van der Waals surface area (Å²) in [5.41, 5.74) is 2.70. The maximum absolute atomic E-state index is 12.0. The molecule has 0 radical (unpaired) electrons. The maximum Gasteiger partial charge on any atom is 0.258 e. The predicted molar refractivity (Wildman–Crippen MR) is 95.7 cm³/mol. The average Bonchev–Trinajstić information content (AvgIpc) is 3.05. The van der Waals surface area contributed by atoms with Crippen LogP contribution in [0.15, 0.2) is 45.9 Å². The summed E-state index contributed by atoms with van der Waals surface area (Å²) in [6.45, 7) is 4.25. The highest BCUT2D eigenvalue weighted by Crippen LogP contribution is 2.21. The predicted octanol–water partition coefficient (Wildman–Crippen LogP) is 0.673. The molecule has 3 aliphatic heterocycles. The zero-order valence-corrected chi connectivity index (χ0v) is 13.6. The van der Waals surface area contributed by atoms with Crippen LogP contribution in [-0.2, 0) is 4.79 Å². The molecule has 124 valence electrons. The largest absolute Gasteiger partial charge is 0.369 e. The second-order valence-corrected chi connectivity index (χ2v) is 6.19. The van der Waals surface area contributed by atoms with Crippen LogP contribution in [0.3, 0.4) is 0 Å². The van der Waals surface area contributed by atoms with Gasteiger partial charge < -0.3 is 15.1 Å². The molecule has 0 aromatic heterocycles. The van der Waals surface area contributed by atoms with E-state index in [4.69, 9.17) is 0 Å². The zero-order chi connectivity index (χ0) is 16.5. The van der Waals surface area contributed by atoms with Crippen molar-refractivity contribution in [1.82, 2.24) is 10.2 Å². The molecule has 0 bridgehead atoms. The minimum Gasteiger partial charge on any atom is -0.369 e. The van der Waals surface area contributed by atoms with Crippen LogP contribution >= 0.6 is 0 Å². The lowest BCUT2D eigenvalue weighted by atomic mass is 10.2. The number of carbonyl (C=O) groups excluding carboxylic acids is 1.